The van der Waals surface area contributed by atoms with Gasteiger partial charge in [0.05, 0.1) is 5.52 Å². The van der Waals surface area contributed by atoms with Crippen LogP contribution in [-0.4, -0.2) is 33.6 Å². The zero-order valence-electron chi connectivity index (χ0n) is 11.6. The van der Waals surface area contributed by atoms with Crippen LogP contribution in [0, 0.1) is 0 Å². The highest BCUT2D eigenvalue weighted by atomic mass is 16.6. The smallest absolute Gasteiger partial charge is 0.313 e. The molecule has 0 unspecified atom stereocenters. The summed E-state index contributed by atoms with van der Waals surface area (Å²) in [6.07, 6.45) is 0.114. The van der Waals surface area contributed by atoms with Crippen molar-refractivity contribution in [3.05, 3.63) is 18.0 Å². The van der Waals surface area contributed by atoms with Gasteiger partial charge in [-0.2, -0.15) is 0 Å². The molecule has 2 rings (SSSR count). The van der Waals surface area contributed by atoms with Crippen LogP contribution >= 0.6 is 0 Å². The molecule has 0 aliphatic heterocycles. The molecule has 0 amide bonds. The molecule has 0 radical (unpaired) electrons. The maximum atomic E-state index is 11.7. The van der Waals surface area contributed by atoms with E-state index in [2.05, 4.69) is 20.3 Å². The highest BCUT2D eigenvalue weighted by Crippen LogP contribution is 2.14. The van der Waals surface area contributed by atoms with E-state index in [0.717, 1.165) is 11.3 Å². The number of carbonyl (C=O) groups excluding carboxylic acids is 1. The van der Waals surface area contributed by atoms with Gasteiger partial charge >= 0.3 is 5.97 Å². The van der Waals surface area contributed by atoms with Crippen molar-refractivity contribution in [2.75, 3.05) is 12.4 Å². The van der Waals surface area contributed by atoms with Crippen LogP contribution in [0.15, 0.2) is 12.1 Å². The Kier molecular flexibility index (Phi) is 3.42. The van der Waals surface area contributed by atoms with Crippen LogP contribution < -0.4 is 5.32 Å². The van der Waals surface area contributed by atoms with Crippen LogP contribution in [0.1, 0.15) is 26.6 Å². The van der Waals surface area contributed by atoms with E-state index in [1.807, 2.05) is 32.9 Å². The Labute approximate surface area is 111 Å². The lowest BCUT2D eigenvalue weighted by atomic mass is 10.2. The lowest BCUT2D eigenvalue weighted by Gasteiger charge is -2.18. The van der Waals surface area contributed by atoms with E-state index in [1.165, 1.54) is 0 Å². The first kappa shape index (κ1) is 13.3. The lowest BCUT2D eigenvalue weighted by Crippen LogP contribution is -2.25. The molecular weight excluding hydrogens is 244 g/mol. The fourth-order valence-corrected chi connectivity index (χ4v) is 1.68. The van der Waals surface area contributed by atoms with Gasteiger partial charge in [-0.25, -0.2) is 9.97 Å². The van der Waals surface area contributed by atoms with E-state index in [0.29, 0.717) is 11.5 Å². The van der Waals surface area contributed by atoms with Gasteiger partial charge in [-0.15, -0.1) is 0 Å². The number of fused-ring (bicyclic) bond motifs is 1. The standard InChI is InChI=1S/C13H18N4O2/c1-13(2,3)19-11(18)7-10-15-8-5-6-9(14-4)16-12(8)17-10/h5-6H,7H2,1-4H3,(H2,14,15,16,17). The average molecular weight is 262 g/mol. The van der Waals surface area contributed by atoms with Gasteiger partial charge in [-0.05, 0) is 32.9 Å². The van der Waals surface area contributed by atoms with Crippen molar-refractivity contribution in [3.63, 3.8) is 0 Å². The van der Waals surface area contributed by atoms with Gasteiger partial charge in [0, 0.05) is 7.05 Å². The molecule has 2 heterocycles. The van der Waals surface area contributed by atoms with E-state index in [1.54, 1.807) is 7.05 Å². The van der Waals surface area contributed by atoms with Gasteiger partial charge in [-0.3, -0.25) is 4.79 Å². The summed E-state index contributed by atoms with van der Waals surface area (Å²) in [6.45, 7) is 5.51. The summed E-state index contributed by atoms with van der Waals surface area (Å²) in [6, 6.07) is 3.72. The van der Waals surface area contributed by atoms with Crippen molar-refractivity contribution < 1.29 is 9.53 Å². The number of esters is 1. The van der Waals surface area contributed by atoms with Crippen molar-refractivity contribution in [3.8, 4) is 0 Å². The van der Waals surface area contributed by atoms with Gasteiger partial charge in [0.25, 0.3) is 0 Å². The van der Waals surface area contributed by atoms with Crippen LogP contribution in [0.25, 0.3) is 11.2 Å². The quantitative estimate of drug-likeness (QED) is 0.826. The Morgan fingerprint density at radius 2 is 2.11 bits per heavy atom. The molecular formula is C13H18N4O2. The SMILES string of the molecule is CNc1ccc2[nH]c(CC(=O)OC(C)(C)C)nc2n1. The van der Waals surface area contributed by atoms with Gasteiger partial charge in [-0.1, -0.05) is 0 Å². The topological polar surface area (TPSA) is 79.9 Å². The van der Waals surface area contributed by atoms with Gasteiger partial charge in [0.1, 0.15) is 23.7 Å². The molecule has 0 saturated heterocycles. The number of nitrogens with zero attached hydrogens (tertiary/aromatic N) is 2. The first-order valence-corrected chi connectivity index (χ1v) is 6.12. The number of ether oxygens (including phenoxy) is 1. The number of hydrogen-bond donors (Lipinski definition) is 2. The summed E-state index contributed by atoms with van der Waals surface area (Å²) < 4.78 is 5.25. The molecule has 0 bridgehead atoms. The maximum Gasteiger partial charge on any atom is 0.313 e. The summed E-state index contributed by atoms with van der Waals surface area (Å²) in [7, 11) is 1.79. The first-order chi connectivity index (χ1) is 8.87. The third-order valence-corrected chi connectivity index (χ3v) is 2.38. The zero-order chi connectivity index (χ0) is 14.0. The molecule has 6 heteroatoms. The predicted octanol–water partition coefficient (Wildman–Crippen LogP) is 1.88. The van der Waals surface area contributed by atoms with Crippen molar-refractivity contribution >= 4 is 23.0 Å². The van der Waals surface area contributed by atoms with Crippen LogP contribution in [0.5, 0.6) is 0 Å². The van der Waals surface area contributed by atoms with E-state index < -0.39 is 5.60 Å². The minimum absolute atomic E-state index is 0.114. The van der Waals surface area contributed by atoms with E-state index >= 15 is 0 Å². The number of pyridine rings is 1. The first-order valence-electron chi connectivity index (χ1n) is 6.12. The number of anilines is 1. The summed E-state index contributed by atoms with van der Waals surface area (Å²) in [4.78, 5) is 23.3. The van der Waals surface area contributed by atoms with Crippen molar-refractivity contribution in [2.45, 2.75) is 32.8 Å². The third kappa shape index (κ3) is 3.43. The molecule has 2 aromatic heterocycles. The average Bonchev–Trinajstić information content (AvgIpc) is 2.66. The Morgan fingerprint density at radius 3 is 2.74 bits per heavy atom. The molecule has 0 fully saturated rings. The molecule has 0 spiro atoms. The summed E-state index contributed by atoms with van der Waals surface area (Å²) in [5.74, 6) is 0.994. The molecule has 2 aromatic rings. The van der Waals surface area contributed by atoms with Crippen molar-refractivity contribution in [1.29, 1.82) is 0 Å². The minimum Gasteiger partial charge on any atom is -0.460 e. The monoisotopic (exact) mass is 262 g/mol. The fourth-order valence-electron chi connectivity index (χ4n) is 1.68. The molecule has 0 atom stereocenters. The number of rotatable bonds is 3. The van der Waals surface area contributed by atoms with E-state index in [4.69, 9.17) is 4.74 Å². The highest BCUT2D eigenvalue weighted by molar-refractivity contribution is 5.76. The second-order valence-corrected chi connectivity index (χ2v) is 5.26. The van der Waals surface area contributed by atoms with Crippen molar-refractivity contribution in [1.82, 2.24) is 15.0 Å². The summed E-state index contributed by atoms with van der Waals surface area (Å²) >= 11 is 0. The zero-order valence-corrected chi connectivity index (χ0v) is 11.6. The Balaban J connectivity index is 2.15. The molecule has 2 N–H and O–H groups in total. The van der Waals surface area contributed by atoms with E-state index in [9.17, 15) is 4.79 Å². The number of imidazole rings is 1. The number of carbonyl (C=O) groups is 1. The van der Waals surface area contributed by atoms with Gasteiger partial charge in [0.15, 0.2) is 5.65 Å². The molecule has 19 heavy (non-hydrogen) atoms. The second-order valence-electron chi connectivity index (χ2n) is 5.26. The molecule has 0 aliphatic rings. The van der Waals surface area contributed by atoms with Crippen molar-refractivity contribution in [2.24, 2.45) is 0 Å². The predicted molar refractivity (Wildman–Crippen MR) is 73.0 cm³/mol. The summed E-state index contributed by atoms with van der Waals surface area (Å²) in [5.41, 5.74) is 0.906. The summed E-state index contributed by atoms with van der Waals surface area (Å²) in [5, 5.41) is 2.94. The fraction of sp³-hybridized carbons (Fsp3) is 0.462. The highest BCUT2D eigenvalue weighted by Gasteiger charge is 2.18. The maximum absolute atomic E-state index is 11.7. The number of aromatic amines is 1. The van der Waals surface area contributed by atoms with Crippen LogP contribution in [0.3, 0.4) is 0 Å². The Bertz CT molecular complexity index is 598. The normalized spacial score (nSPS) is 11.6. The van der Waals surface area contributed by atoms with Gasteiger partial charge in [0.2, 0.25) is 0 Å². The molecule has 0 aromatic carbocycles. The molecule has 102 valence electrons. The van der Waals surface area contributed by atoms with Crippen LogP contribution in [0.2, 0.25) is 0 Å². The molecule has 0 saturated carbocycles. The number of H-pyrrole nitrogens is 1. The second kappa shape index (κ2) is 4.87. The number of aromatic nitrogens is 3. The lowest BCUT2D eigenvalue weighted by molar-refractivity contribution is -0.154. The third-order valence-electron chi connectivity index (χ3n) is 2.38. The minimum atomic E-state index is -0.485. The largest absolute Gasteiger partial charge is 0.460 e. The van der Waals surface area contributed by atoms with E-state index in [-0.39, 0.29) is 12.4 Å². The molecule has 0 aliphatic carbocycles. The molecule has 6 nitrogen and oxygen atoms in total. The number of hydrogen-bond acceptors (Lipinski definition) is 5. The van der Waals surface area contributed by atoms with Crippen LogP contribution in [-0.2, 0) is 16.0 Å². The Hall–Kier alpha value is -2.11. The Morgan fingerprint density at radius 1 is 1.37 bits per heavy atom. The number of nitrogens with one attached hydrogen (secondary N) is 2. The van der Waals surface area contributed by atoms with Crippen LogP contribution in [0.4, 0.5) is 5.82 Å². The van der Waals surface area contributed by atoms with Gasteiger partial charge < -0.3 is 15.0 Å².